The highest BCUT2D eigenvalue weighted by Gasteiger charge is 2.59. The normalized spacial score (nSPS) is 36.1. The van der Waals surface area contributed by atoms with Gasteiger partial charge in [0.25, 0.3) is 0 Å². The first kappa shape index (κ1) is 14.9. The van der Waals surface area contributed by atoms with Gasteiger partial charge in [0.15, 0.2) is 0 Å². The smallest absolute Gasteiger partial charge is 0.381 e. The Balaban J connectivity index is 1.85. The molecular formula is C13H15F3O4S. The van der Waals surface area contributed by atoms with Crippen LogP contribution in [0.5, 0.6) is 0 Å². The molecule has 1 spiro atoms. The Morgan fingerprint density at radius 1 is 1.24 bits per heavy atom. The van der Waals surface area contributed by atoms with Gasteiger partial charge in [-0.15, -0.1) is 0 Å². The molecule has 0 bridgehead atoms. The summed E-state index contributed by atoms with van der Waals surface area (Å²) in [5, 5.41) is 0. The van der Waals surface area contributed by atoms with E-state index in [1.54, 1.807) is 0 Å². The average molecular weight is 324 g/mol. The molecule has 118 valence electrons. The number of Topliss-reactive ketones (excluding diaryl/α,β-unsaturated/α-hetero) is 1. The third-order valence-corrected chi connectivity index (χ3v) is 6.08. The molecular weight excluding hydrogens is 309 g/mol. The highest BCUT2D eigenvalue weighted by Crippen LogP contribution is 2.62. The van der Waals surface area contributed by atoms with Gasteiger partial charge >= 0.3 is 15.6 Å². The van der Waals surface area contributed by atoms with E-state index < -0.39 is 21.0 Å². The fraction of sp³-hybridized carbons (Fsp3) is 0.769. The number of hydrogen-bond donors (Lipinski definition) is 0. The van der Waals surface area contributed by atoms with E-state index in [0.29, 0.717) is 32.1 Å². The monoisotopic (exact) mass is 324 g/mol. The molecule has 0 aromatic carbocycles. The molecule has 0 N–H and O–H groups in total. The van der Waals surface area contributed by atoms with E-state index in [9.17, 15) is 26.4 Å². The first-order valence-electron chi connectivity index (χ1n) is 6.91. The molecule has 4 nitrogen and oxygen atoms in total. The van der Waals surface area contributed by atoms with Gasteiger partial charge in [0.2, 0.25) is 0 Å². The van der Waals surface area contributed by atoms with E-state index in [2.05, 4.69) is 4.18 Å². The van der Waals surface area contributed by atoms with E-state index >= 15 is 0 Å². The fourth-order valence-electron chi connectivity index (χ4n) is 4.26. The van der Waals surface area contributed by atoms with E-state index in [0.717, 1.165) is 6.42 Å². The van der Waals surface area contributed by atoms with Crippen LogP contribution >= 0.6 is 0 Å². The number of alkyl halides is 3. The van der Waals surface area contributed by atoms with Crippen LogP contribution < -0.4 is 0 Å². The van der Waals surface area contributed by atoms with Gasteiger partial charge < -0.3 is 4.18 Å². The van der Waals surface area contributed by atoms with Gasteiger partial charge in [0.1, 0.15) is 11.5 Å². The van der Waals surface area contributed by atoms with Crippen LogP contribution in [0.2, 0.25) is 0 Å². The minimum absolute atomic E-state index is 0.121. The van der Waals surface area contributed by atoms with Gasteiger partial charge in [-0.1, -0.05) is 0 Å². The highest BCUT2D eigenvalue weighted by atomic mass is 32.2. The molecule has 2 fully saturated rings. The van der Waals surface area contributed by atoms with Gasteiger partial charge in [-0.3, -0.25) is 4.79 Å². The molecule has 3 rings (SSSR count). The Bertz CT molecular complexity index is 607. The van der Waals surface area contributed by atoms with Crippen molar-refractivity contribution in [1.82, 2.24) is 0 Å². The van der Waals surface area contributed by atoms with Crippen LogP contribution in [0.1, 0.15) is 38.5 Å². The lowest BCUT2D eigenvalue weighted by Gasteiger charge is -2.39. The SMILES string of the molecule is O=C1CCC[C@]23CC=C(OS(=O)(=O)C(F)(F)F)[C@H]2CC[C@@H]13. The van der Waals surface area contributed by atoms with E-state index in [4.69, 9.17) is 0 Å². The summed E-state index contributed by atoms with van der Waals surface area (Å²) in [6, 6.07) is 0. The second-order valence-electron chi connectivity index (χ2n) is 6.03. The largest absolute Gasteiger partial charge is 0.534 e. The van der Waals surface area contributed by atoms with Crippen LogP contribution in [-0.2, 0) is 19.1 Å². The molecule has 21 heavy (non-hydrogen) atoms. The van der Waals surface area contributed by atoms with Crippen LogP contribution in [0.15, 0.2) is 11.8 Å². The van der Waals surface area contributed by atoms with Crippen molar-refractivity contribution in [2.75, 3.05) is 0 Å². The van der Waals surface area contributed by atoms with Gasteiger partial charge in [0.05, 0.1) is 0 Å². The molecule has 0 aromatic rings. The van der Waals surface area contributed by atoms with Crippen molar-refractivity contribution in [3.05, 3.63) is 11.8 Å². The topological polar surface area (TPSA) is 60.4 Å². The number of carbonyl (C=O) groups excluding carboxylic acids is 1. The van der Waals surface area contributed by atoms with Crippen molar-refractivity contribution in [3.63, 3.8) is 0 Å². The number of rotatable bonds is 2. The summed E-state index contributed by atoms with van der Waals surface area (Å²) in [5.74, 6) is -0.521. The maximum absolute atomic E-state index is 12.4. The predicted molar refractivity (Wildman–Crippen MR) is 66.3 cm³/mol. The predicted octanol–water partition coefficient (Wildman–Crippen LogP) is 2.91. The van der Waals surface area contributed by atoms with Crippen molar-refractivity contribution in [1.29, 1.82) is 0 Å². The summed E-state index contributed by atoms with van der Waals surface area (Å²) >= 11 is 0. The average Bonchev–Trinajstić information content (AvgIpc) is 2.86. The molecule has 0 amide bonds. The zero-order chi connectivity index (χ0) is 15.5. The molecule has 0 saturated heterocycles. The molecule has 0 radical (unpaired) electrons. The van der Waals surface area contributed by atoms with Crippen LogP contribution in [0.4, 0.5) is 13.2 Å². The zero-order valence-corrected chi connectivity index (χ0v) is 12.0. The maximum atomic E-state index is 12.4. The van der Waals surface area contributed by atoms with Gasteiger partial charge in [-0.05, 0) is 43.6 Å². The van der Waals surface area contributed by atoms with Gasteiger partial charge in [-0.2, -0.15) is 21.6 Å². The Labute approximate surface area is 120 Å². The second kappa shape index (κ2) is 4.47. The minimum Gasteiger partial charge on any atom is -0.381 e. The van der Waals surface area contributed by atoms with E-state index in [-0.39, 0.29) is 23.4 Å². The number of hydrogen-bond acceptors (Lipinski definition) is 4. The molecule has 2 saturated carbocycles. The zero-order valence-electron chi connectivity index (χ0n) is 11.1. The molecule has 8 heteroatoms. The first-order chi connectivity index (χ1) is 9.67. The minimum atomic E-state index is -5.63. The summed E-state index contributed by atoms with van der Waals surface area (Å²) < 4.78 is 64.0. The lowest BCUT2D eigenvalue weighted by molar-refractivity contribution is -0.129. The Kier molecular flexibility index (Phi) is 3.17. The summed E-state index contributed by atoms with van der Waals surface area (Å²) in [6.07, 6.45) is 4.93. The van der Waals surface area contributed by atoms with E-state index in [1.165, 1.54) is 6.08 Å². The standard InChI is InChI=1S/C13H15F3O4S/c14-13(15,16)21(18,19)20-11-5-7-12-6-1-2-10(17)8(12)3-4-9(11)12/h5,8-9H,1-4,6-7H2/t8-,9+,12+/m0/s1. The van der Waals surface area contributed by atoms with Crippen LogP contribution in [0.25, 0.3) is 0 Å². The van der Waals surface area contributed by atoms with Crippen LogP contribution in [0, 0.1) is 17.3 Å². The quantitative estimate of drug-likeness (QED) is 0.579. The summed E-state index contributed by atoms with van der Waals surface area (Å²) in [7, 11) is -5.63. The Morgan fingerprint density at radius 2 is 1.90 bits per heavy atom. The van der Waals surface area contributed by atoms with Crippen molar-refractivity contribution in [3.8, 4) is 0 Å². The third-order valence-electron chi connectivity index (χ3n) is 5.10. The number of carbonyl (C=O) groups is 1. The molecule has 0 heterocycles. The molecule has 0 unspecified atom stereocenters. The molecule has 0 aliphatic heterocycles. The lowest BCUT2D eigenvalue weighted by Crippen LogP contribution is -2.38. The third kappa shape index (κ3) is 2.10. The fourth-order valence-corrected chi connectivity index (χ4v) is 4.79. The number of allylic oxidation sites excluding steroid dienone is 2. The highest BCUT2D eigenvalue weighted by molar-refractivity contribution is 7.87. The molecule has 0 aromatic heterocycles. The maximum Gasteiger partial charge on any atom is 0.534 e. The van der Waals surface area contributed by atoms with Crippen molar-refractivity contribution >= 4 is 15.9 Å². The second-order valence-corrected chi connectivity index (χ2v) is 7.57. The summed E-state index contributed by atoms with van der Waals surface area (Å²) in [6.45, 7) is 0. The van der Waals surface area contributed by atoms with Gasteiger partial charge in [-0.25, -0.2) is 0 Å². The Morgan fingerprint density at radius 3 is 2.57 bits per heavy atom. The molecule has 3 atom stereocenters. The first-order valence-corrected chi connectivity index (χ1v) is 8.32. The Hall–Kier alpha value is -1.05. The van der Waals surface area contributed by atoms with Crippen LogP contribution in [-0.4, -0.2) is 19.7 Å². The molecule has 3 aliphatic carbocycles. The van der Waals surface area contributed by atoms with Crippen LogP contribution in [0.3, 0.4) is 0 Å². The lowest BCUT2D eigenvalue weighted by atomic mass is 9.64. The van der Waals surface area contributed by atoms with Crippen molar-refractivity contribution < 1.29 is 30.6 Å². The van der Waals surface area contributed by atoms with Gasteiger partial charge in [0, 0.05) is 18.3 Å². The summed E-state index contributed by atoms with van der Waals surface area (Å²) in [5.41, 5.74) is -5.84. The molecule has 3 aliphatic rings. The van der Waals surface area contributed by atoms with Crippen molar-refractivity contribution in [2.45, 2.75) is 44.0 Å². The number of ketones is 1. The van der Waals surface area contributed by atoms with E-state index in [1.807, 2.05) is 0 Å². The summed E-state index contributed by atoms with van der Waals surface area (Å²) in [4.78, 5) is 12.0. The van der Waals surface area contributed by atoms with Crippen molar-refractivity contribution in [2.24, 2.45) is 17.3 Å². The number of halogens is 3.